The summed E-state index contributed by atoms with van der Waals surface area (Å²) in [5, 5.41) is 3.43. The number of hydrogen-bond acceptors (Lipinski definition) is 4. The van der Waals surface area contributed by atoms with Crippen molar-refractivity contribution in [1.29, 1.82) is 0 Å². The number of amides is 1. The van der Waals surface area contributed by atoms with Crippen molar-refractivity contribution in [3.63, 3.8) is 0 Å². The number of halogens is 2. The first-order valence-electron chi connectivity index (χ1n) is 11.5. The van der Waals surface area contributed by atoms with Crippen molar-refractivity contribution in [2.24, 2.45) is 7.05 Å². The van der Waals surface area contributed by atoms with Crippen LogP contribution in [0.5, 0.6) is 0 Å². The molecule has 8 heteroatoms. The molecular formula is C26H31F2N5O. The molecule has 1 aliphatic rings. The molecule has 0 radical (unpaired) electrons. The van der Waals surface area contributed by atoms with Crippen LogP contribution >= 0.6 is 0 Å². The van der Waals surface area contributed by atoms with Crippen molar-refractivity contribution in [2.75, 3.05) is 18.4 Å². The monoisotopic (exact) mass is 467 g/mol. The Balaban J connectivity index is 1.42. The molecule has 1 unspecified atom stereocenters. The number of hydrogen-bond donors (Lipinski definition) is 1. The van der Waals surface area contributed by atoms with E-state index in [4.69, 9.17) is 0 Å². The molecule has 3 aromatic rings. The summed E-state index contributed by atoms with van der Waals surface area (Å²) >= 11 is 0. The minimum atomic E-state index is -3.02. The molecule has 0 bridgehead atoms. The molecular weight excluding hydrogens is 436 g/mol. The van der Waals surface area contributed by atoms with Gasteiger partial charge in [-0.15, -0.1) is 0 Å². The molecule has 180 valence electrons. The lowest BCUT2D eigenvalue weighted by Crippen LogP contribution is -2.34. The Bertz CT molecular complexity index is 1200. The first-order chi connectivity index (χ1) is 16.0. The van der Waals surface area contributed by atoms with E-state index in [0.717, 1.165) is 24.5 Å². The molecule has 1 amide bonds. The van der Waals surface area contributed by atoms with Gasteiger partial charge in [-0.2, -0.15) is 8.78 Å². The maximum atomic E-state index is 13.8. The molecule has 2 atom stereocenters. The van der Waals surface area contributed by atoms with Crippen LogP contribution in [0.2, 0.25) is 0 Å². The number of aromatic nitrogens is 3. The Morgan fingerprint density at radius 2 is 1.91 bits per heavy atom. The summed E-state index contributed by atoms with van der Waals surface area (Å²) in [6.07, 6.45) is 2.43. The summed E-state index contributed by atoms with van der Waals surface area (Å²) in [6.45, 7) is 8.00. The van der Waals surface area contributed by atoms with Crippen molar-refractivity contribution >= 4 is 11.7 Å². The second-order valence-corrected chi connectivity index (χ2v) is 9.27. The summed E-state index contributed by atoms with van der Waals surface area (Å²) in [5.74, 6) is -2.64. The summed E-state index contributed by atoms with van der Waals surface area (Å²) in [6, 6.07) is 11.8. The highest BCUT2D eigenvalue weighted by Gasteiger charge is 2.31. The van der Waals surface area contributed by atoms with Gasteiger partial charge in [-0.25, -0.2) is 9.97 Å². The van der Waals surface area contributed by atoms with Gasteiger partial charge in [-0.05, 0) is 50.5 Å². The van der Waals surface area contributed by atoms with Gasteiger partial charge < -0.3 is 14.8 Å². The standard InChI is InChI=1S/C26H31F2N5O/c1-16-8-6-7-9-20(16)17(2)24(34)33-13-12-19(14-33)30-23-11-10-21(18(3)29-23)22-15-32(5)25(31-22)26(4,27)28/h6-11,15,17,19H,12-14H2,1-5H3,(H,29,30)/t17?,19-/m0/s1. The third kappa shape index (κ3) is 4.81. The minimum absolute atomic E-state index is 0.103. The quantitative estimate of drug-likeness (QED) is 0.553. The zero-order valence-electron chi connectivity index (χ0n) is 20.3. The highest BCUT2D eigenvalue weighted by molar-refractivity contribution is 5.84. The number of carbonyl (C=O) groups is 1. The van der Waals surface area contributed by atoms with E-state index in [0.29, 0.717) is 35.9 Å². The second-order valence-electron chi connectivity index (χ2n) is 9.27. The zero-order chi connectivity index (χ0) is 24.6. The van der Waals surface area contributed by atoms with Crippen LogP contribution in [0.25, 0.3) is 11.3 Å². The van der Waals surface area contributed by atoms with E-state index in [2.05, 4.69) is 15.3 Å². The van der Waals surface area contributed by atoms with Gasteiger partial charge in [0.1, 0.15) is 5.82 Å². The van der Waals surface area contributed by atoms with Crippen molar-refractivity contribution in [3.8, 4) is 11.3 Å². The highest BCUT2D eigenvalue weighted by Crippen LogP contribution is 2.30. The topological polar surface area (TPSA) is 63.1 Å². The van der Waals surface area contributed by atoms with Crippen LogP contribution in [0, 0.1) is 13.8 Å². The van der Waals surface area contributed by atoms with Crippen molar-refractivity contribution in [3.05, 3.63) is 65.2 Å². The normalized spacial score (nSPS) is 17.1. The van der Waals surface area contributed by atoms with Crippen LogP contribution in [-0.2, 0) is 17.8 Å². The van der Waals surface area contributed by atoms with Crippen LogP contribution in [0.3, 0.4) is 0 Å². The molecule has 4 rings (SSSR count). The fraction of sp³-hybridized carbons (Fsp3) is 0.423. The van der Waals surface area contributed by atoms with Gasteiger partial charge in [0, 0.05) is 50.6 Å². The molecule has 2 aromatic heterocycles. The van der Waals surface area contributed by atoms with E-state index < -0.39 is 5.92 Å². The molecule has 1 saturated heterocycles. The van der Waals surface area contributed by atoms with Crippen molar-refractivity contribution in [1.82, 2.24) is 19.4 Å². The average Bonchev–Trinajstić information content (AvgIpc) is 3.39. The number of alkyl halides is 2. The van der Waals surface area contributed by atoms with Crippen LogP contribution in [0.15, 0.2) is 42.6 Å². The Kier molecular flexibility index (Phi) is 6.43. The van der Waals surface area contributed by atoms with E-state index in [1.54, 1.807) is 13.2 Å². The van der Waals surface area contributed by atoms with E-state index >= 15 is 0 Å². The Morgan fingerprint density at radius 1 is 1.18 bits per heavy atom. The van der Waals surface area contributed by atoms with E-state index in [1.807, 2.05) is 62.1 Å². The molecule has 0 spiro atoms. The first kappa shape index (κ1) is 23.9. The lowest BCUT2D eigenvalue weighted by Gasteiger charge is -2.22. The van der Waals surface area contributed by atoms with Gasteiger partial charge in [0.15, 0.2) is 5.82 Å². The first-order valence-corrected chi connectivity index (χ1v) is 11.5. The maximum absolute atomic E-state index is 13.8. The third-order valence-corrected chi connectivity index (χ3v) is 6.51. The number of rotatable bonds is 6. The van der Waals surface area contributed by atoms with E-state index in [9.17, 15) is 13.6 Å². The SMILES string of the molecule is Cc1ccccc1C(C)C(=O)N1CC[C@H](Nc2ccc(-c3cn(C)c(C(C)(F)F)n3)c(C)n2)C1. The fourth-order valence-corrected chi connectivity index (χ4v) is 4.68. The fourth-order valence-electron chi connectivity index (χ4n) is 4.68. The molecule has 0 aliphatic carbocycles. The van der Waals surface area contributed by atoms with Gasteiger partial charge >= 0.3 is 5.92 Å². The molecule has 3 heterocycles. The van der Waals surface area contributed by atoms with Gasteiger partial charge in [0.25, 0.3) is 0 Å². The number of benzene rings is 1. The second kappa shape index (κ2) is 9.16. The third-order valence-electron chi connectivity index (χ3n) is 6.51. The molecule has 1 fully saturated rings. The summed E-state index contributed by atoms with van der Waals surface area (Å²) in [5.41, 5.74) is 4.08. The molecule has 1 aromatic carbocycles. The van der Waals surface area contributed by atoms with E-state index in [1.165, 1.54) is 4.57 Å². The number of likely N-dealkylation sites (tertiary alicyclic amines) is 1. The van der Waals surface area contributed by atoms with Crippen molar-refractivity contribution < 1.29 is 13.6 Å². The molecule has 1 aliphatic heterocycles. The Labute approximate surface area is 199 Å². The minimum Gasteiger partial charge on any atom is -0.365 e. The maximum Gasteiger partial charge on any atom is 0.302 e. The van der Waals surface area contributed by atoms with Crippen LogP contribution in [0.1, 0.15) is 48.8 Å². The number of pyridine rings is 1. The number of nitrogens with one attached hydrogen (secondary N) is 1. The lowest BCUT2D eigenvalue weighted by atomic mass is 9.95. The van der Waals surface area contributed by atoms with Crippen molar-refractivity contribution in [2.45, 2.75) is 52.0 Å². The van der Waals surface area contributed by atoms with Crippen LogP contribution < -0.4 is 5.32 Å². The average molecular weight is 468 g/mol. The molecule has 6 nitrogen and oxygen atoms in total. The lowest BCUT2D eigenvalue weighted by molar-refractivity contribution is -0.131. The largest absolute Gasteiger partial charge is 0.365 e. The summed E-state index contributed by atoms with van der Waals surface area (Å²) < 4.78 is 28.9. The summed E-state index contributed by atoms with van der Waals surface area (Å²) in [7, 11) is 1.56. The highest BCUT2D eigenvalue weighted by atomic mass is 19.3. The predicted molar refractivity (Wildman–Crippen MR) is 129 cm³/mol. The van der Waals surface area contributed by atoms with Crippen LogP contribution in [-0.4, -0.2) is 44.5 Å². The number of aryl methyl sites for hydroxylation is 3. The summed E-state index contributed by atoms with van der Waals surface area (Å²) in [4.78, 5) is 23.7. The van der Waals surface area contributed by atoms with Gasteiger partial charge in [-0.3, -0.25) is 4.79 Å². The Morgan fingerprint density at radius 3 is 2.56 bits per heavy atom. The number of anilines is 1. The van der Waals surface area contributed by atoms with Gasteiger partial charge in [0.05, 0.1) is 11.6 Å². The molecule has 0 saturated carbocycles. The smallest absolute Gasteiger partial charge is 0.302 e. The van der Waals surface area contributed by atoms with Gasteiger partial charge in [-0.1, -0.05) is 24.3 Å². The number of nitrogens with zero attached hydrogens (tertiary/aromatic N) is 4. The molecule has 34 heavy (non-hydrogen) atoms. The zero-order valence-corrected chi connectivity index (χ0v) is 20.3. The van der Waals surface area contributed by atoms with E-state index in [-0.39, 0.29) is 23.7 Å². The van der Waals surface area contributed by atoms with Crippen LogP contribution in [0.4, 0.5) is 14.6 Å². The predicted octanol–water partition coefficient (Wildman–Crippen LogP) is 5.03. The number of imidazole rings is 1. The van der Waals surface area contributed by atoms with Gasteiger partial charge in [0.2, 0.25) is 5.91 Å². The molecule has 1 N–H and O–H groups in total. The Hall–Kier alpha value is -3.29. The number of carbonyl (C=O) groups excluding carboxylic acids is 1.